The number of nitrogens with one attached hydrogen (secondary N) is 1. The van der Waals surface area contributed by atoms with Crippen molar-refractivity contribution in [1.82, 2.24) is 9.97 Å². The summed E-state index contributed by atoms with van der Waals surface area (Å²) in [6.07, 6.45) is 4.17. The van der Waals surface area contributed by atoms with Gasteiger partial charge in [-0.25, -0.2) is 9.97 Å². The third kappa shape index (κ3) is 2.96. The Balaban J connectivity index is 1.55. The minimum absolute atomic E-state index is 0.264. The van der Waals surface area contributed by atoms with Crippen LogP contribution in [0.4, 0.5) is 17.2 Å². The summed E-state index contributed by atoms with van der Waals surface area (Å²) in [5, 5.41) is 2.82. The molecule has 5 nitrogen and oxygen atoms in total. The van der Waals surface area contributed by atoms with Gasteiger partial charge in [-0.15, -0.1) is 0 Å². The summed E-state index contributed by atoms with van der Waals surface area (Å²) in [4.78, 5) is 23.2. The summed E-state index contributed by atoms with van der Waals surface area (Å²) >= 11 is 0. The summed E-state index contributed by atoms with van der Waals surface area (Å²) in [7, 11) is 0. The molecule has 1 atom stereocenters. The van der Waals surface area contributed by atoms with Gasteiger partial charge in [-0.2, -0.15) is 0 Å². The molecule has 1 N–H and O–H groups in total. The van der Waals surface area contributed by atoms with Crippen LogP contribution in [-0.2, 0) is 6.42 Å². The lowest BCUT2D eigenvalue weighted by atomic mass is 10.1. The Morgan fingerprint density at radius 2 is 1.80 bits per heavy atom. The first-order valence-electron chi connectivity index (χ1n) is 8.28. The molecule has 4 rings (SSSR count). The van der Waals surface area contributed by atoms with Gasteiger partial charge in [-0.1, -0.05) is 36.4 Å². The van der Waals surface area contributed by atoms with Crippen LogP contribution in [0.25, 0.3) is 0 Å². The van der Waals surface area contributed by atoms with E-state index in [1.807, 2.05) is 36.4 Å². The van der Waals surface area contributed by atoms with E-state index in [9.17, 15) is 4.79 Å². The number of rotatable bonds is 3. The van der Waals surface area contributed by atoms with Crippen LogP contribution in [0, 0.1) is 0 Å². The molecule has 0 fully saturated rings. The van der Waals surface area contributed by atoms with Gasteiger partial charge in [0.15, 0.2) is 5.82 Å². The predicted octanol–water partition coefficient (Wildman–Crippen LogP) is 3.81. The molecule has 1 amide bonds. The van der Waals surface area contributed by atoms with Crippen LogP contribution in [-0.4, -0.2) is 21.9 Å². The van der Waals surface area contributed by atoms with Crippen molar-refractivity contribution in [3.05, 3.63) is 78.2 Å². The highest BCUT2D eigenvalue weighted by Crippen LogP contribution is 2.36. The zero-order valence-electron chi connectivity index (χ0n) is 13.9. The molecule has 1 aliphatic rings. The Morgan fingerprint density at radius 3 is 2.56 bits per heavy atom. The standard InChI is InChI=1S/C20H18N4O/c1-14-11-15-7-5-6-10-18(15)24(14)19-13-21-17(12-22-19)20(25)23-16-8-3-2-4-9-16/h2-10,12-14H,11H2,1H3,(H,23,25). The smallest absolute Gasteiger partial charge is 0.275 e. The minimum atomic E-state index is -0.264. The van der Waals surface area contributed by atoms with Gasteiger partial charge < -0.3 is 10.2 Å². The number of nitrogens with zero attached hydrogens (tertiary/aromatic N) is 3. The van der Waals surface area contributed by atoms with Gasteiger partial charge in [0.05, 0.1) is 12.4 Å². The van der Waals surface area contributed by atoms with Gasteiger partial charge >= 0.3 is 0 Å². The van der Waals surface area contributed by atoms with Gasteiger partial charge in [0.2, 0.25) is 0 Å². The Labute approximate surface area is 146 Å². The first kappa shape index (κ1) is 15.3. The fraction of sp³-hybridized carbons (Fsp3) is 0.150. The zero-order valence-corrected chi connectivity index (χ0v) is 13.9. The number of fused-ring (bicyclic) bond motifs is 1. The zero-order chi connectivity index (χ0) is 17.2. The molecule has 1 aromatic heterocycles. The molecule has 0 spiro atoms. The normalized spacial score (nSPS) is 15.7. The summed E-state index contributed by atoms with van der Waals surface area (Å²) in [5.74, 6) is 0.494. The van der Waals surface area contributed by atoms with Crippen molar-refractivity contribution in [1.29, 1.82) is 0 Å². The van der Waals surface area contributed by atoms with Crippen LogP contribution >= 0.6 is 0 Å². The van der Waals surface area contributed by atoms with Crippen molar-refractivity contribution in [2.75, 3.05) is 10.2 Å². The number of carbonyl (C=O) groups is 1. The van der Waals surface area contributed by atoms with Crippen molar-refractivity contribution in [3.63, 3.8) is 0 Å². The van der Waals surface area contributed by atoms with Crippen LogP contribution in [0.5, 0.6) is 0 Å². The third-order valence-electron chi connectivity index (χ3n) is 4.36. The SMILES string of the molecule is CC1Cc2ccccc2N1c1cnc(C(=O)Nc2ccccc2)cn1. The molecule has 124 valence electrons. The molecule has 5 heteroatoms. The number of carbonyl (C=O) groups excluding carboxylic acids is 1. The van der Waals surface area contributed by atoms with E-state index in [-0.39, 0.29) is 5.91 Å². The minimum Gasteiger partial charge on any atom is -0.322 e. The van der Waals surface area contributed by atoms with E-state index in [1.54, 1.807) is 6.20 Å². The van der Waals surface area contributed by atoms with Crippen LogP contribution in [0.15, 0.2) is 67.0 Å². The highest BCUT2D eigenvalue weighted by atomic mass is 16.1. The highest BCUT2D eigenvalue weighted by Gasteiger charge is 2.27. The maximum atomic E-state index is 12.3. The highest BCUT2D eigenvalue weighted by molar-refractivity contribution is 6.02. The number of hydrogen-bond donors (Lipinski definition) is 1. The van der Waals surface area contributed by atoms with E-state index in [4.69, 9.17) is 0 Å². The van der Waals surface area contributed by atoms with Gasteiger partial charge in [0, 0.05) is 17.4 Å². The molecule has 0 saturated carbocycles. The molecular formula is C20H18N4O. The molecular weight excluding hydrogens is 312 g/mol. The molecule has 2 aromatic carbocycles. The number of anilines is 3. The molecule has 3 aromatic rings. The first-order valence-corrected chi connectivity index (χ1v) is 8.28. The van der Waals surface area contributed by atoms with Gasteiger partial charge in [0.1, 0.15) is 5.69 Å². The maximum absolute atomic E-state index is 12.3. The molecule has 0 saturated heterocycles. The quantitative estimate of drug-likeness (QED) is 0.793. The number of amides is 1. The second-order valence-corrected chi connectivity index (χ2v) is 6.13. The topological polar surface area (TPSA) is 58.1 Å². The van der Waals surface area contributed by atoms with E-state index >= 15 is 0 Å². The van der Waals surface area contributed by atoms with Crippen molar-refractivity contribution < 1.29 is 4.79 Å². The molecule has 2 heterocycles. The fourth-order valence-electron chi connectivity index (χ4n) is 3.19. The van der Waals surface area contributed by atoms with Crippen molar-refractivity contribution in [2.45, 2.75) is 19.4 Å². The van der Waals surface area contributed by atoms with Crippen LogP contribution in [0.1, 0.15) is 23.0 Å². The molecule has 0 radical (unpaired) electrons. The van der Waals surface area contributed by atoms with Gasteiger partial charge in [0.25, 0.3) is 5.91 Å². The summed E-state index contributed by atoms with van der Waals surface area (Å²) in [6, 6.07) is 17.9. The molecule has 0 aliphatic carbocycles. The van der Waals surface area contributed by atoms with Crippen LogP contribution in [0.2, 0.25) is 0 Å². The Hall–Kier alpha value is -3.21. The number of benzene rings is 2. The molecule has 1 unspecified atom stereocenters. The number of para-hydroxylation sites is 2. The summed E-state index contributed by atoms with van der Waals surface area (Å²) in [5.41, 5.74) is 3.50. The monoisotopic (exact) mass is 330 g/mol. The molecule has 25 heavy (non-hydrogen) atoms. The number of hydrogen-bond acceptors (Lipinski definition) is 4. The molecule has 1 aliphatic heterocycles. The third-order valence-corrected chi connectivity index (χ3v) is 4.36. The lowest BCUT2D eigenvalue weighted by molar-refractivity contribution is 0.102. The second kappa shape index (κ2) is 6.36. The molecule has 0 bridgehead atoms. The first-order chi connectivity index (χ1) is 12.2. The van der Waals surface area contributed by atoms with Crippen LogP contribution < -0.4 is 10.2 Å². The van der Waals surface area contributed by atoms with E-state index < -0.39 is 0 Å². The fourth-order valence-corrected chi connectivity index (χ4v) is 3.19. The summed E-state index contributed by atoms with van der Waals surface area (Å²) < 4.78 is 0. The van der Waals surface area contributed by atoms with Gasteiger partial charge in [-0.3, -0.25) is 4.79 Å². The second-order valence-electron chi connectivity index (χ2n) is 6.13. The van der Waals surface area contributed by atoms with Gasteiger partial charge in [-0.05, 0) is 37.1 Å². The average Bonchev–Trinajstić information content (AvgIpc) is 2.98. The predicted molar refractivity (Wildman–Crippen MR) is 98.2 cm³/mol. The van der Waals surface area contributed by atoms with Crippen molar-refractivity contribution in [3.8, 4) is 0 Å². The van der Waals surface area contributed by atoms with E-state index in [0.717, 1.165) is 23.6 Å². The van der Waals surface area contributed by atoms with Crippen molar-refractivity contribution >= 4 is 23.1 Å². The lowest BCUT2D eigenvalue weighted by Crippen LogP contribution is -2.25. The maximum Gasteiger partial charge on any atom is 0.275 e. The van der Waals surface area contributed by atoms with E-state index in [1.165, 1.54) is 11.8 Å². The average molecular weight is 330 g/mol. The number of aromatic nitrogens is 2. The Morgan fingerprint density at radius 1 is 1.04 bits per heavy atom. The largest absolute Gasteiger partial charge is 0.322 e. The summed E-state index contributed by atoms with van der Waals surface area (Å²) in [6.45, 7) is 2.16. The van der Waals surface area contributed by atoms with Crippen LogP contribution in [0.3, 0.4) is 0 Å². The van der Waals surface area contributed by atoms with E-state index in [2.05, 4.69) is 45.3 Å². The van der Waals surface area contributed by atoms with Crippen molar-refractivity contribution in [2.24, 2.45) is 0 Å². The van der Waals surface area contributed by atoms with E-state index in [0.29, 0.717) is 11.7 Å². The Bertz CT molecular complexity index is 893. The lowest BCUT2D eigenvalue weighted by Gasteiger charge is -2.23. The Kier molecular flexibility index (Phi) is 3.90.